The largest absolute Gasteiger partial charge is 0.477 e. The number of benzene rings is 5. The summed E-state index contributed by atoms with van der Waals surface area (Å²) in [4.78, 5) is 123. The SMILES string of the molecule is CCCCCCCCCN1CCN(c2cc3c(cc2F)c(=O)c(C(=O)O)cn3C2CC2)CC1.CCCCN1CCN(c2cc3c(cc2F)c(=O)c(C(=O)O)cn3C2CC2)CC1.Cc1ccc(NC(=O)N2CCN(c3cc4c(cc3F)c(=O)c(C(=O)O)cn4C3CC3)CC2)cc1.O=C(O)c1cn(C2CC2)c2cc(N3CCNCC3)c(F)cc2c1=O. The van der Waals surface area contributed by atoms with Gasteiger partial charge in [0.25, 0.3) is 0 Å². The van der Waals surface area contributed by atoms with Gasteiger partial charge in [-0.05, 0) is 145 Å². The van der Waals surface area contributed by atoms with Crippen molar-refractivity contribution >= 4 is 102 Å². The van der Waals surface area contributed by atoms with E-state index in [0.717, 1.165) is 154 Å². The molecule has 4 saturated heterocycles. The van der Waals surface area contributed by atoms with Crippen molar-refractivity contribution in [2.45, 2.75) is 154 Å². The van der Waals surface area contributed by atoms with Crippen LogP contribution in [0.4, 0.5) is 50.8 Å². The van der Waals surface area contributed by atoms with Crippen LogP contribution < -0.4 is 51.9 Å². The van der Waals surface area contributed by atoms with Crippen molar-refractivity contribution in [3.63, 3.8) is 0 Å². The molecule has 4 saturated carbocycles. The van der Waals surface area contributed by atoms with Crippen molar-refractivity contribution in [2.75, 3.05) is 143 Å². The van der Waals surface area contributed by atoms with Crippen molar-refractivity contribution < 1.29 is 62.0 Å². The second-order valence-electron chi connectivity index (χ2n) is 32.7. The van der Waals surface area contributed by atoms with Gasteiger partial charge in [-0.3, -0.25) is 29.0 Å². The number of halogens is 4. The molecule has 4 aromatic heterocycles. The molecule has 9 aromatic rings. The van der Waals surface area contributed by atoms with E-state index in [1.54, 1.807) is 33.7 Å². The fraction of sp³-hybridized carbons (Fsp3) is 0.472. The third-order valence-corrected chi connectivity index (χ3v) is 24.1. The van der Waals surface area contributed by atoms with Crippen LogP contribution in [-0.4, -0.2) is 201 Å². The molecule has 632 valence electrons. The molecule has 0 spiro atoms. The van der Waals surface area contributed by atoms with Crippen LogP contribution in [0.1, 0.15) is 194 Å². The number of aryl methyl sites for hydroxylation is 1. The average Bonchev–Trinajstić information content (AvgIpc) is 1.56. The van der Waals surface area contributed by atoms with E-state index in [2.05, 4.69) is 39.2 Å². The Labute approximate surface area is 685 Å². The molecule has 5 aromatic carbocycles. The lowest BCUT2D eigenvalue weighted by Crippen LogP contribution is -2.50. The van der Waals surface area contributed by atoms with Gasteiger partial charge in [-0.25, -0.2) is 41.5 Å². The second kappa shape index (κ2) is 37.0. The number of carboxylic acids is 4. The van der Waals surface area contributed by atoms with E-state index in [9.17, 15) is 72.4 Å². The first kappa shape index (κ1) is 84.3. The van der Waals surface area contributed by atoms with Gasteiger partial charge in [0.15, 0.2) is 0 Å². The van der Waals surface area contributed by atoms with Crippen molar-refractivity contribution in [2.24, 2.45) is 0 Å². The molecule has 6 N–H and O–H groups in total. The van der Waals surface area contributed by atoms with Gasteiger partial charge in [-0.1, -0.05) is 76.5 Å². The number of piperazine rings is 4. The predicted octanol–water partition coefficient (Wildman–Crippen LogP) is 13.6. The maximum absolute atomic E-state index is 15.1. The summed E-state index contributed by atoms with van der Waals surface area (Å²) in [5.41, 5.74) is 2.30. The molecule has 0 bridgehead atoms. The number of urea groups is 1. The monoisotopic (exact) mass is 1640 g/mol. The Morgan fingerprint density at radius 2 is 0.664 bits per heavy atom. The first-order valence-electron chi connectivity index (χ1n) is 42.1. The van der Waals surface area contributed by atoms with Crippen molar-refractivity contribution in [3.8, 4) is 0 Å². The van der Waals surface area contributed by atoms with Crippen molar-refractivity contribution in [3.05, 3.63) is 190 Å². The third kappa shape index (κ3) is 19.5. The number of hydrogen-bond acceptors (Lipinski definition) is 16. The minimum absolute atomic E-state index is 0.0733. The van der Waals surface area contributed by atoms with Crippen LogP contribution in [0.5, 0.6) is 0 Å². The smallest absolute Gasteiger partial charge is 0.341 e. The number of amides is 2. The lowest BCUT2D eigenvalue weighted by Gasteiger charge is -2.36. The van der Waals surface area contributed by atoms with Gasteiger partial charge in [0.1, 0.15) is 45.5 Å². The van der Waals surface area contributed by atoms with E-state index in [-0.39, 0.29) is 74.0 Å². The Hall–Kier alpha value is -11.1. The quantitative estimate of drug-likeness (QED) is 0.0242. The van der Waals surface area contributed by atoms with Crippen LogP contribution in [0.2, 0.25) is 0 Å². The van der Waals surface area contributed by atoms with Gasteiger partial charge in [0.2, 0.25) is 21.7 Å². The van der Waals surface area contributed by atoms with Crippen LogP contribution >= 0.6 is 0 Å². The number of nitrogens with one attached hydrogen (secondary N) is 2. The summed E-state index contributed by atoms with van der Waals surface area (Å²) < 4.78 is 67.0. The fourth-order valence-electron chi connectivity index (χ4n) is 16.6. The number of anilines is 5. The van der Waals surface area contributed by atoms with Gasteiger partial charge in [-0.15, -0.1) is 0 Å². The number of aromatic nitrogens is 4. The standard InChI is InChI=1S/C26H36FN3O3.C25H25FN4O4.C21H26FN3O3.C17H18FN3O3/c1-2-3-4-5-6-7-8-11-28-12-14-29(15-13-28)24-17-23-20(16-22(24)27)25(31)21(26(32)33)18-30(23)19-9-10-19;1-15-2-4-16(5-3-15)27-25(34)29-10-8-28(9-11-29)22-13-21-18(12-20(22)26)23(31)19(24(32)33)14-30(21)17-6-7-17;1-2-3-6-23-7-9-24(10-8-23)19-12-18-15(11-17(19)22)20(26)16(21(27)28)13-25(18)14-4-5-14;18-13-7-11-14(8-15(13)20-5-3-19-4-6-20)21(10-1-2-10)9-12(16(11)22)17(23)24/h16-19H,2-15H2,1H3,(H,32,33);2-5,12-14,17H,6-11H2,1H3,(H,27,34)(H,32,33);11-14H,2-10H2,1H3,(H,27,28);7-10,19H,1-6H2,(H,23,24). The van der Waals surface area contributed by atoms with E-state index in [1.165, 1.54) is 94.4 Å². The van der Waals surface area contributed by atoms with Crippen LogP contribution in [0, 0.1) is 30.2 Å². The zero-order valence-electron chi connectivity index (χ0n) is 67.7. The molecule has 8 aliphatic rings. The number of pyridine rings is 4. The highest BCUT2D eigenvalue weighted by Crippen LogP contribution is 2.43. The van der Waals surface area contributed by atoms with E-state index in [0.29, 0.717) is 84.1 Å². The maximum Gasteiger partial charge on any atom is 0.341 e. The fourth-order valence-corrected chi connectivity index (χ4v) is 16.6. The van der Waals surface area contributed by atoms with Gasteiger partial charge in [-0.2, -0.15) is 0 Å². The molecule has 119 heavy (non-hydrogen) atoms. The molecule has 17 rings (SSSR count). The zero-order valence-corrected chi connectivity index (χ0v) is 67.7. The molecule has 0 radical (unpaired) electrons. The number of carboxylic acid groups (broad SMARTS) is 4. The summed E-state index contributed by atoms with van der Waals surface area (Å²) >= 11 is 0. The summed E-state index contributed by atoms with van der Waals surface area (Å²) in [7, 11) is 0. The first-order chi connectivity index (χ1) is 57.4. The van der Waals surface area contributed by atoms with Crippen molar-refractivity contribution in [1.29, 1.82) is 0 Å². The van der Waals surface area contributed by atoms with E-state index in [4.69, 9.17) is 0 Å². The number of hydrogen-bond donors (Lipinski definition) is 6. The zero-order chi connectivity index (χ0) is 84.0. The van der Waals surface area contributed by atoms with Crippen LogP contribution in [0.3, 0.4) is 0 Å². The molecule has 8 heterocycles. The number of aromatic carboxylic acids is 4. The molecule has 2 amide bonds. The minimum Gasteiger partial charge on any atom is -0.477 e. The molecule has 30 heteroatoms. The molecule has 0 atom stereocenters. The molecule has 4 aliphatic heterocycles. The Bertz CT molecular complexity index is 5570. The number of unbranched alkanes of at least 4 members (excludes halogenated alkanes) is 7. The first-order valence-corrected chi connectivity index (χ1v) is 42.1. The second-order valence-corrected chi connectivity index (χ2v) is 32.7. The molecule has 4 aliphatic carbocycles. The Morgan fingerprint density at radius 1 is 0.378 bits per heavy atom. The topological polar surface area (TPSA) is 301 Å². The van der Waals surface area contributed by atoms with E-state index in [1.807, 2.05) is 59.6 Å². The Morgan fingerprint density at radius 3 is 0.966 bits per heavy atom. The summed E-state index contributed by atoms with van der Waals surface area (Å²) in [5.74, 6) is -7.10. The highest BCUT2D eigenvalue weighted by Gasteiger charge is 2.35. The highest BCUT2D eigenvalue weighted by atomic mass is 19.1. The number of fused-ring (bicyclic) bond motifs is 4. The minimum atomic E-state index is -1.31. The summed E-state index contributed by atoms with van der Waals surface area (Å²) in [6, 6.07) is 19.6. The number of carbonyl (C=O) groups is 5. The molecular formula is C89H105F4N13O13. The maximum atomic E-state index is 15.1. The molecule has 8 fully saturated rings. The van der Waals surface area contributed by atoms with Gasteiger partial charge in [0, 0.05) is 181 Å². The lowest BCUT2D eigenvalue weighted by atomic mass is 10.1. The number of rotatable bonds is 24. The van der Waals surface area contributed by atoms with E-state index >= 15 is 8.78 Å². The number of nitrogens with zero attached hydrogens (tertiary/aromatic N) is 11. The Balaban J connectivity index is 0.000000131. The van der Waals surface area contributed by atoms with Gasteiger partial charge in [0.05, 0.1) is 44.8 Å². The van der Waals surface area contributed by atoms with Gasteiger partial charge < -0.3 is 73.8 Å². The van der Waals surface area contributed by atoms with Gasteiger partial charge >= 0.3 is 29.9 Å². The highest BCUT2D eigenvalue weighted by molar-refractivity contribution is 5.97. The third-order valence-electron chi connectivity index (χ3n) is 24.1. The van der Waals surface area contributed by atoms with Crippen molar-refractivity contribution in [1.82, 2.24) is 38.3 Å². The van der Waals surface area contributed by atoms with Crippen LogP contribution in [0.15, 0.2) is 117 Å². The molecule has 26 nitrogen and oxygen atoms in total. The summed E-state index contributed by atoms with van der Waals surface area (Å²) in [6.45, 7) is 19.8. The summed E-state index contributed by atoms with van der Waals surface area (Å²) in [6.07, 6.45) is 24.5. The molecular weight excluding hydrogens is 1540 g/mol. The molecule has 0 unspecified atom stereocenters. The predicted molar refractivity (Wildman–Crippen MR) is 453 cm³/mol. The van der Waals surface area contributed by atoms with Crippen LogP contribution in [-0.2, 0) is 0 Å². The average molecular weight is 1640 g/mol. The van der Waals surface area contributed by atoms with E-state index < -0.39 is 68.9 Å². The van der Waals surface area contributed by atoms with Crippen LogP contribution in [0.25, 0.3) is 43.6 Å². The summed E-state index contributed by atoms with van der Waals surface area (Å²) in [5, 5.41) is 44.0. The normalized spacial score (nSPS) is 17.2. The number of carbonyl (C=O) groups excluding carboxylic acids is 1. The Kier molecular flexibility index (Phi) is 26.3. The lowest BCUT2D eigenvalue weighted by molar-refractivity contribution is 0.0684.